The first-order valence-electron chi connectivity index (χ1n) is 11.6. The van der Waals surface area contributed by atoms with Gasteiger partial charge in [-0.15, -0.1) is 13.2 Å². The molecule has 1 atom stereocenters. The Hall–Kier alpha value is -3.29. The molecule has 190 valence electrons. The lowest BCUT2D eigenvalue weighted by Gasteiger charge is -2.46. The molecule has 1 aromatic rings. The highest BCUT2D eigenvalue weighted by Crippen LogP contribution is 2.35. The molecule has 1 heterocycles. The van der Waals surface area contributed by atoms with Crippen molar-refractivity contribution in [2.45, 2.75) is 64.4 Å². The van der Waals surface area contributed by atoms with Crippen LogP contribution in [0, 0.1) is 23.2 Å². The number of alkyl halides is 3. The first-order valence-corrected chi connectivity index (χ1v) is 11.6. The van der Waals surface area contributed by atoms with Crippen LogP contribution in [0.25, 0.3) is 0 Å². The molecule has 1 aromatic carbocycles. The maximum atomic E-state index is 13.3. The molecular formula is C24H29F3N4O4. The molecule has 3 rings (SSSR count). The summed E-state index contributed by atoms with van der Waals surface area (Å²) in [5, 5.41) is 14.5. The number of hydrogen-bond donors (Lipinski definition) is 2. The van der Waals surface area contributed by atoms with Gasteiger partial charge in [-0.05, 0) is 44.2 Å². The minimum Gasteiger partial charge on any atom is -0.405 e. The summed E-state index contributed by atoms with van der Waals surface area (Å²) in [6.45, 7) is 3.93. The van der Waals surface area contributed by atoms with E-state index in [2.05, 4.69) is 15.4 Å². The maximum Gasteiger partial charge on any atom is 0.573 e. The van der Waals surface area contributed by atoms with Crippen molar-refractivity contribution in [3.63, 3.8) is 0 Å². The predicted octanol–water partition coefficient (Wildman–Crippen LogP) is 3.01. The van der Waals surface area contributed by atoms with Crippen molar-refractivity contribution < 1.29 is 32.3 Å². The van der Waals surface area contributed by atoms with Gasteiger partial charge in [0.1, 0.15) is 11.3 Å². The largest absolute Gasteiger partial charge is 0.573 e. The molecule has 0 unspecified atom stereocenters. The molecule has 8 nitrogen and oxygen atoms in total. The molecule has 0 aromatic heterocycles. The second-order valence-electron chi connectivity index (χ2n) is 9.37. The van der Waals surface area contributed by atoms with Gasteiger partial charge in [-0.2, -0.15) is 5.26 Å². The van der Waals surface area contributed by atoms with Gasteiger partial charge < -0.3 is 20.3 Å². The zero-order chi connectivity index (χ0) is 25.8. The van der Waals surface area contributed by atoms with E-state index >= 15 is 0 Å². The highest BCUT2D eigenvalue weighted by Gasteiger charge is 2.48. The summed E-state index contributed by atoms with van der Waals surface area (Å²) in [7, 11) is 0. The van der Waals surface area contributed by atoms with E-state index in [-0.39, 0.29) is 41.9 Å². The van der Waals surface area contributed by atoms with E-state index in [0.29, 0.717) is 32.2 Å². The van der Waals surface area contributed by atoms with E-state index in [1.54, 1.807) is 24.8 Å². The number of rotatable bonds is 7. The number of halogens is 3. The topological polar surface area (TPSA) is 112 Å². The van der Waals surface area contributed by atoms with Crippen LogP contribution in [0.1, 0.15) is 57.1 Å². The molecule has 35 heavy (non-hydrogen) atoms. The first kappa shape index (κ1) is 26.3. The Bertz CT molecular complexity index is 1020. The zero-order valence-corrected chi connectivity index (χ0v) is 19.7. The van der Waals surface area contributed by atoms with Crippen LogP contribution in [-0.4, -0.2) is 47.6 Å². The lowest BCUT2D eigenvalue weighted by Crippen LogP contribution is -2.65. The number of hydrogen-bond acceptors (Lipinski definition) is 5. The smallest absolute Gasteiger partial charge is 0.405 e. The average Bonchev–Trinajstić information content (AvgIpc) is 2.78. The Balaban J connectivity index is 1.64. The molecule has 3 amide bonds. The first-order chi connectivity index (χ1) is 16.4. The lowest BCUT2D eigenvalue weighted by atomic mass is 9.74. The minimum atomic E-state index is -4.94. The molecule has 0 radical (unpaired) electrons. The maximum absolute atomic E-state index is 13.3. The Morgan fingerprint density at radius 2 is 1.97 bits per heavy atom. The fraction of sp³-hybridized carbons (Fsp3) is 0.583. The van der Waals surface area contributed by atoms with Crippen molar-refractivity contribution in [3.05, 3.63) is 29.3 Å². The normalized spacial score (nSPS) is 19.3. The van der Waals surface area contributed by atoms with Crippen LogP contribution in [-0.2, 0) is 20.9 Å². The van der Waals surface area contributed by atoms with Crippen LogP contribution in [0.2, 0.25) is 0 Å². The second-order valence-corrected chi connectivity index (χ2v) is 9.37. The summed E-state index contributed by atoms with van der Waals surface area (Å²) in [4.78, 5) is 39.9. The van der Waals surface area contributed by atoms with Gasteiger partial charge in [0.05, 0.1) is 17.6 Å². The Labute approximate surface area is 201 Å². The number of nitriles is 1. The monoisotopic (exact) mass is 494 g/mol. The van der Waals surface area contributed by atoms with Gasteiger partial charge >= 0.3 is 6.36 Å². The molecule has 2 N–H and O–H groups in total. The summed E-state index contributed by atoms with van der Waals surface area (Å²) in [6.07, 6.45) is -1.89. The van der Waals surface area contributed by atoms with E-state index in [4.69, 9.17) is 5.26 Å². The molecular weight excluding hydrogens is 465 g/mol. The highest BCUT2D eigenvalue weighted by atomic mass is 19.4. The van der Waals surface area contributed by atoms with Gasteiger partial charge in [0.2, 0.25) is 17.7 Å². The highest BCUT2D eigenvalue weighted by molar-refractivity contribution is 5.93. The summed E-state index contributed by atoms with van der Waals surface area (Å²) in [5.41, 5.74) is -0.857. The van der Waals surface area contributed by atoms with Crippen LogP contribution in [0.15, 0.2) is 18.2 Å². The van der Waals surface area contributed by atoms with Crippen molar-refractivity contribution >= 4 is 17.7 Å². The number of nitrogens with zero attached hydrogens (tertiary/aromatic N) is 2. The van der Waals surface area contributed by atoms with Gasteiger partial charge in [-0.3, -0.25) is 14.4 Å². The van der Waals surface area contributed by atoms with Crippen LogP contribution >= 0.6 is 0 Å². The molecule has 11 heteroatoms. The van der Waals surface area contributed by atoms with Crippen molar-refractivity contribution in [1.82, 2.24) is 15.5 Å². The van der Waals surface area contributed by atoms with E-state index < -0.39 is 29.5 Å². The molecule has 2 aliphatic rings. The van der Waals surface area contributed by atoms with E-state index in [1.807, 2.05) is 0 Å². The lowest BCUT2D eigenvalue weighted by molar-refractivity contribution is -0.274. The second kappa shape index (κ2) is 10.5. The van der Waals surface area contributed by atoms with Gasteiger partial charge in [0, 0.05) is 31.1 Å². The van der Waals surface area contributed by atoms with Gasteiger partial charge in [0.15, 0.2) is 0 Å². The van der Waals surface area contributed by atoms with Gasteiger partial charge in [-0.25, -0.2) is 0 Å². The SMILES string of the molecule is CC(C)C(=O)NC1(C(=O)N2CCC[C@@H](C(=O)NCc3ccc(C#N)cc3OC(F)(F)F)C2)CCC1. The molecule has 2 fully saturated rings. The predicted molar refractivity (Wildman–Crippen MR) is 119 cm³/mol. The third-order valence-electron chi connectivity index (χ3n) is 6.46. The van der Waals surface area contributed by atoms with Crippen LogP contribution in [0.5, 0.6) is 5.75 Å². The summed E-state index contributed by atoms with van der Waals surface area (Å²) >= 11 is 0. The van der Waals surface area contributed by atoms with Crippen molar-refractivity contribution in [2.24, 2.45) is 11.8 Å². The third kappa shape index (κ3) is 6.44. The average molecular weight is 495 g/mol. The molecule has 0 bridgehead atoms. The molecule has 0 spiro atoms. The standard InChI is InChI=1S/C24H29F3N4O4/c1-15(2)20(32)30-23(8-4-9-23)22(34)31-10-3-5-18(14-31)21(33)29-13-17-7-6-16(12-28)11-19(17)35-24(25,26)27/h6-7,11,15,18H,3-5,8-10,13-14H2,1-2H3,(H,29,33)(H,30,32)/t18-/m1/s1. The number of nitrogens with one attached hydrogen (secondary N) is 2. The fourth-order valence-corrected chi connectivity index (χ4v) is 4.30. The van der Waals surface area contributed by atoms with E-state index in [1.165, 1.54) is 12.1 Å². The quantitative estimate of drug-likeness (QED) is 0.605. The number of amides is 3. The van der Waals surface area contributed by atoms with Gasteiger partial charge in [-0.1, -0.05) is 19.9 Å². The summed E-state index contributed by atoms with van der Waals surface area (Å²) in [5.74, 6) is -2.11. The molecule has 1 saturated carbocycles. The minimum absolute atomic E-state index is 0.00440. The van der Waals surface area contributed by atoms with Crippen LogP contribution in [0.3, 0.4) is 0 Å². The third-order valence-corrected chi connectivity index (χ3v) is 6.46. The number of benzene rings is 1. The van der Waals surface area contributed by atoms with Crippen molar-refractivity contribution in [2.75, 3.05) is 13.1 Å². The zero-order valence-electron chi connectivity index (χ0n) is 19.7. The van der Waals surface area contributed by atoms with Crippen LogP contribution < -0.4 is 15.4 Å². The van der Waals surface area contributed by atoms with Crippen molar-refractivity contribution in [3.8, 4) is 11.8 Å². The van der Waals surface area contributed by atoms with Crippen molar-refractivity contribution in [1.29, 1.82) is 5.26 Å². The summed E-state index contributed by atoms with van der Waals surface area (Å²) < 4.78 is 42.3. The number of piperidine rings is 1. The van der Waals surface area contributed by atoms with Gasteiger partial charge in [0.25, 0.3) is 0 Å². The number of carbonyl (C=O) groups is 3. The Kier molecular flexibility index (Phi) is 7.93. The molecule has 1 aliphatic heterocycles. The number of likely N-dealkylation sites (tertiary alicyclic amines) is 1. The number of carbonyl (C=O) groups excluding carboxylic acids is 3. The Morgan fingerprint density at radius 1 is 1.26 bits per heavy atom. The molecule has 1 saturated heterocycles. The fourth-order valence-electron chi connectivity index (χ4n) is 4.30. The number of ether oxygens (including phenoxy) is 1. The molecule has 1 aliphatic carbocycles. The summed E-state index contributed by atoms with van der Waals surface area (Å²) in [6, 6.07) is 5.37. The van der Waals surface area contributed by atoms with Crippen LogP contribution in [0.4, 0.5) is 13.2 Å². The van der Waals surface area contributed by atoms with E-state index in [0.717, 1.165) is 12.5 Å². The van der Waals surface area contributed by atoms with E-state index in [9.17, 15) is 27.6 Å². The Morgan fingerprint density at radius 3 is 2.54 bits per heavy atom.